The number of carbonyl (C=O) groups is 2. The first kappa shape index (κ1) is 14.1. The van der Waals surface area contributed by atoms with Crippen LogP contribution in [0.4, 0.5) is 5.69 Å². The molecule has 5 N–H and O–H groups in total. The normalized spacial score (nSPS) is 11.7. The van der Waals surface area contributed by atoms with Crippen LogP contribution in [-0.4, -0.2) is 29.5 Å². The topological polar surface area (TPSA) is 104 Å². The number of benzene rings is 1. The van der Waals surface area contributed by atoms with Crippen LogP contribution in [0.25, 0.3) is 0 Å². The maximum absolute atomic E-state index is 11.7. The highest BCUT2D eigenvalue weighted by Crippen LogP contribution is 2.09. The molecule has 0 saturated carbocycles. The number of rotatable bonds is 5. The number of hydrogen-bond donors (Lipinski definition) is 4. The zero-order valence-electron chi connectivity index (χ0n) is 10.1. The lowest BCUT2D eigenvalue weighted by Gasteiger charge is -2.13. The van der Waals surface area contributed by atoms with Crippen molar-refractivity contribution in [2.75, 3.05) is 11.9 Å². The summed E-state index contributed by atoms with van der Waals surface area (Å²) in [5.74, 6) is -0.707. The number of nitrogens with two attached hydrogens (primary N) is 1. The average Bonchev–Trinajstić information content (AvgIpc) is 2.39. The fourth-order valence-corrected chi connectivity index (χ4v) is 1.31. The predicted molar refractivity (Wildman–Crippen MR) is 67.7 cm³/mol. The van der Waals surface area contributed by atoms with Gasteiger partial charge in [0.05, 0.1) is 13.2 Å². The molecule has 0 aliphatic rings. The number of aliphatic hydroxyl groups is 1. The standard InChI is InChI=1S/C12H17N3O3/c1-8(14-11(17)6-13)12(18)15-10-4-2-9(7-16)3-5-10/h2-5,8,16H,6-7,13H2,1H3,(H,14,17)(H,15,18). The third kappa shape index (κ3) is 4.15. The van der Waals surface area contributed by atoms with E-state index in [1.54, 1.807) is 31.2 Å². The first-order valence-corrected chi connectivity index (χ1v) is 5.57. The summed E-state index contributed by atoms with van der Waals surface area (Å²) >= 11 is 0. The molecule has 0 aliphatic carbocycles. The molecule has 0 spiro atoms. The lowest BCUT2D eigenvalue weighted by atomic mass is 10.2. The van der Waals surface area contributed by atoms with Gasteiger partial charge < -0.3 is 21.5 Å². The molecule has 1 unspecified atom stereocenters. The van der Waals surface area contributed by atoms with Crippen molar-refractivity contribution in [2.24, 2.45) is 5.73 Å². The summed E-state index contributed by atoms with van der Waals surface area (Å²) in [6.45, 7) is 1.38. The Kier molecular flexibility index (Phi) is 5.29. The van der Waals surface area contributed by atoms with Gasteiger partial charge in [0, 0.05) is 5.69 Å². The minimum Gasteiger partial charge on any atom is -0.392 e. The Hall–Kier alpha value is -1.92. The molecule has 1 atom stereocenters. The molecule has 1 aromatic rings. The summed E-state index contributed by atoms with van der Waals surface area (Å²) in [4.78, 5) is 22.7. The quantitative estimate of drug-likeness (QED) is 0.570. The molecule has 6 nitrogen and oxygen atoms in total. The Balaban J connectivity index is 2.55. The smallest absolute Gasteiger partial charge is 0.246 e. The lowest BCUT2D eigenvalue weighted by Crippen LogP contribution is -2.44. The van der Waals surface area contributed by atoms with Crippen molar-refractivity contribution < 1.29 is 14.7 Å². The highest BCUT2D eigenvalue weighted by atomic mass is 16.3. The maximum atomic E-state index is 11.7. The van der Waals surface area contributed by atoms with Crippen molar-refractivity contribution in [3.8, 4) is 0 Å². The fourth-order valence-electron chi connectivity index (χ4n) is 1.31. The first-order chi connectivity index (χ1) is 8.56. The van der Waals surface area contributed by atoms with Crippen molar-refractivity contribution in [3.05, 3.63) is 29.8 Å². The van der Waals surface area contributed by atoms with Gasteiger partial charge in [0.15, 0.2) is 0 Å². The Labute approximate surface area is 105 Å². The second kappa shape index (κ2) is 6.73. The van der Waals surface area contributed by atoms with E-state index >= 15 is 0 Å². The van der Waals surface area contributed by atoms with Crippen LogP contribution < -0.4 is 16.4 Å². The van der Waals surface area contributed by atoms with Crippen molar-refractivity contribution in [1.29, 1.82) is 0 Å². The van der Waals surface area contributed by atoms with E-state index < -0.39 is 6.04 Å². The molecule has 98 valence electrons. The van der Waals surface area contributed by atoms with E-state index in [0.717, 1.165) is 5.56 Å². The number of anilines is 1. The van der Waals surface area contributed by atoms with Gasteiger partial charge in [-0.05, 0) is 24.6 Å². The Morgan fingerprint density at radius 1 is 1.33 bits per heavy atom. The summed E-state index contributed by atoms with van der Waals surface area (Å²) in [7, 11) is 0. The highest BCUT2D eigenvalue weighted by molar-refractivity contribution is 5.97. The van der Waals surface area contributed by atoms with Crippen LogP contribution >= 0.6 is 0 Å². The third-order valence-corrected chi connectivity index (χ3v) is 2.36. The van der Waals surface area contributed by atoms with Gasteiger partial charge in [0.2, 0.25) is 11.8 Å². The first-order valence-electron chi connectivity index (χ1n) is 5.57. The van der Waals surface area contributed by atoms with Gasteiger partial charge in [-0.3, -0.25) is 9.59 Å². The van der Waals surface area contributed by atoms with E-state index in [-0.39, 0.29) is 25.0 Å². The highest BCUT2D eigenvalue weighted by Gasteiger charge is 2.14. The van der Waals surface area contributed by atoms with E-state index in [0.29, 0.717) is 5.69 Å². The van der Waals surface area contributed by atoms with E-state index in [2.05, 4.69) is 10.6 Å². The third-order valence-electron chi connectivity index (χ3n) is 2.36. The molecule has 2 amide bonds. The average molecular weight is 251 g/mol. The van der Waals surface area contributed by atoms with Crippen molar-refractivity contribution >= 4 is 17.5 Å². The lowest BCUT2D eigenvalue weighted by molar-refractivity contribution is -0.125. The van der Waals surface area contributed by atoms with Crippen LogP contribution in [0, 0.1) is 0 Å². The molecule has 0 aromatic heterocycles. The van der Waals surface area contributed by atoms with Gasteiger partial charge in [-0.1, -0.05) is 12.1 Å². The maximum Gasteiger partial charge on any atom is 0.246 e. The van der Waals surface area contributed by atoms with Gasteiger partial charge >= 0.3 is 0 Å². The largest absolute Gasteiger partial charge is 0.392 e. The molecule has 0 heterocycles. The molecular formula is C12H17N3O3. The van der Waals surface area contributed by atoms with E-state index in [4.69, 9.17) is 10.8 Å². The molecule has 18 heavy (non-hydrogen) atoms. The minimum atomic E-state index is -0.654. The number of nitrogens with one attached hydrogen (secondary N) is 2. The summed E-state index contributed by atoms with van der Waals surface area (Å²) in [5, 5.41) is 14.0. The number of aliphatic hydroxyl groups excluding tert-OH is 1. The minimum absolute atomic E-state index is 0.0445. The summed E-state index contributed by atoms with van der Waals surface area (Å²) in [5.41, 5.74) is 6.50. The van der Waals surface area contributed by atoms with Gasteiger partial charge in [-0.25, -0.2) is 0 Å². The molecular weight excluding hydrogens is 234 g/mol. The molecule has 0 radical (unpaired) electrons. The van der Waals surface area contributed by atoms with Crippen LogP contribution in [0.2, 0.25) is 0 Å². The van der Waals surface area contributed by atoms with Crippen LogP contribution in [0.3, 0.4) is 0 Å². The fraction of sp³-hybridized carbons (Fsp3) is 0.333. The summed E-state index contributed by atoms with van der Waals surface area (Å²) < 4.78 is 0. The van der Waals surface area contributed by atoms with Crippen LogP contribution in [0.15, 0.2) is 24.3 Å². The van der Waals surface area contributed by atoms with Crippen LogP contribution in [-0.2, 0) is 16.2 Å². The number of hydrogen-bond acceptors (Lipinski definition) is 4. The van der Waals surface area contributed by atoms with Gasteiger partial charge in [0.1, 0.15) is 6.04 Å². The van der Waals surface area contributed by atoms with E-state index in [9.17, 15) is 9.59 Å². The second-order valence-electron chi connectivity index (χ2n) is 3.84. The Bertz CT molecular complexity index is 417. The SMILES string of the molecule is CC(NC(=O)CN)C(=O)Nc1ccc(CO)cc1. The van der Waals surface area contributed by atoms with Gasteiger partial charge in [0.25, 0.3) is 0 Å². The molecule has 0 bridgehead atoms. The van der Waals surface area contributed by atoms with Gasteiger partial charge in [-0.2, -0.15) is 0 Å². The van der Waals surface area contributed by atoms with Crippen LogP contribution in [0.5, 0.6) is 0 Å². The molecule has 6 heteroatoms. The van der Waals surface area contributed by atoms with Crippen LogP contribution in [0.1, 0.15) is 12.5 Å². The number of carbonyl (C=O) groups excluding carboxylic acids is 2. The van der Waals surface area contributed by atoms with Crippen molar-refractivity contribution in [3.63, 3.8) is 0 Å². The van der Waals surface area contributed by atoms with Crippen molar-refractivity contribution in [2.45, 2.75) is 19.6 Å². The summed E-state index contributed by atoms with van der Waals surface area (Å²) in [6.07, 6.45) is 0. The Morgan fingerprint density at radius 2 is 1.94 bits per heavy atom. The molecule has 0 aliphatic heterocycles. The monoisotopic (exact) mass is 251 g/mol. The van der Waals surface area contributed by atoms with Gasteiger partial charge in [-0.15, -0.1) is 0 Å². The molecule has 1 rings (SSSR count). The van der Waals surface area contributed by atoms with Crippen molar-refractivity contribution in [1.82, 2.24) is 5.32 Å². The molecule has 1 aromatic carbocycles. The second-order valence-corrected chi connectivity index (χ2v) is 3.84. The van der Waals surface area contributed by atoms with E-state index in [1.165, 1.54) is 0 Å². The Morgan fingerprint density at radius 3 is 2.44 bits per heavy atom. The predicted octanol–water partition coefficient (Wildman–Crippen LogP) is -0.419. The molecule has 0 saturated heterocycles. The van der Waals surface area contributed by atoms with E-state index in [1.807, 2.05) is 0 Å². The summed E-state index contributed by atoms with van der Waals surface area (Å²) in [6, 6.07) is 6.12. The zero-order valence-corrected chi connectivity index (χ0v) is 10.1. The molecule has 0 fully saturated rings. The zero-order chi connectivity index (χ0) is 13.5. The number of amides is 2.